The zero-order valence-corrected chi connectivity index (χ0v) is 16.5. The Morgan fingerprint density at radius 2 is 1.93 bits per heavy atom. The minimum Gasteiger partial charge on any atom is -0.341 e. The summed E-state index contributed by atoms with van der Waals surface area (Å²) in [4.78, 5) is 10.9. The van der Waals surface area contributed by atoms with Gasteiger partial charge in [-0.05, 0) is 44.2 Å². The van der Waals surface area contributed by atoms with Crippen LogP contribution in [0.15, 0.2) is 34.2 Å². The molecular formula is C19H23N7OS. The maximum atomic E-state index is 5.38. The van der Waals surface area contributed by atoms with Crippen molar-refractivity contribution >= 4 is 17.7 Å². The van der Waals surface area contributed by atoms with Gasteiger partial charge in [-0.15, -0.1) is 10.2 Å². The van der Waals surface area contributed by atoms with E-state index >= 15 is 0 Å². The van der Waals surface area contributed by atoms with Crippen LogP contribution in [0.1, 0.15) is 44.0 Å². The average Bonchev–Trinajstić information content (AvgIpc) is 3.15. The third kappa shape index (κ3) is 3.76. The van der Waals surface area contributed by atoms with Crippen LogP contribution in [0.4, 0.5) is 5.95 Å². The average molecular weight is 398 g/mol. The lowest BCUT2D eigenvalue weighted by Gasteiger charge is -2.17. The van der Waals surface area contributed by atoms with E-state index < -0.39 is 0 Å². The van der Waals surface area contributed by atoms with Crippen molar-refractivity contribution in [3.63, 3.8) is 0 Å². The highest BCUT2D eigenvalue weighted by atomic mass is 32.2. The number of rotatable bonds is 8. The number of anilines is 1. The Kier molecular flexibility index (Phi) is 4.99. The molecule has 1 aliphatic carbocycles. The summed E-state index contributed by atoms with van der Waals surface area (Å²) in [6.07, 6.45) is 10.2. The lowest BCUT2D eigenvalue weighted by molar-refractivity contribution is 0.378. The number of thioether (sulfide) groups is 1. The third-order valence-electron chi connectivity index (χ3n) is 5.12. The summed E-state index contributed by atoms with van der Waals surface area (Å²) in [7, 11) is 0. The van der Waals surface area contributed by atoms with E-state index in [1.807, 2.05) is 12.1 Å². The highest BCUT2D eigenvalue weighted by Crippen LogP contribution is 2.41. The molecule has 2 fully saturated rings. The molecule has 3 aromatic heterocycles. The van der Waals surface area contributed by atoms with E-state index in [0.717, 1.165) is 48.4 Å². The monoisotopic (exact) mass is 397 g/mol. The Labute approximate surface area is 167 Å². The van der Waals surface area contributed by atoms with Crippen LogP contribution in [0.25, 0.3) is 11.4 Å². The van der Waals surface area contributed by atoms with Gasteiger partial charge in [-0.3, -0.25) is 9.55 Å². The van der Waals surface area contributed by atoms with Gasteiger partial charge in [-0.25, -0.2) is 0 Å². The van der Waals surface area contributed by atoms with Crippen LogP contribution in [-0.2, 0) is 6.42 Å². The predicted molar refractivity (Wildman–Crippen MR) is 106 cm³/mol. The molecule has 0 radical (unpaired) electrons. The molecule has 2 aliphatic rings. The molecule has 0 N–H and O–H groups in total. The minimum atomic E-state index is 0.590. The molecular weight excluding hydrogens is 374 g/mol. The van der Waals surface area contributed by atoms with Gasteiger partial charge in [-0.2, -0.15) is 4.98 Å². The third-order valence-corrected chi connectivity index (χ3v) is 6.15. The Balaban J connectivity index is 1.17. The van der Waals surface area contributed by atoms with Crippen molar-refractivity contribution in [3.8, 4) is 11.4 Å². The highest BCUT2D eigenvalue weighted by molar-refractivity contribution is 7.99. The maximum Gasteiger partial charge on any atom is 0.228 e. The fourth-order valence-corrected chi connectivity index (χ4v) is 4.45. The fourth-order valence-electron chi connectivity index (χ4n) is 3.51. The highest BCUT2D eigenvalue weighted by Gasteiger charge is 2.32. The summed E-state index contributed by atoms with van der Waals surface area (Å²) >= 11 is 1.78. The largest absolute Gasteiger partial charge is 0.341 e. The molecule has 3 aromatic rings. The standard InChI is InChI=1S/C19H23N7OS/c1-2-12-25(11-1)18-22-23-19(26(18)15-5-6-15)28-13-3-4-16-21-17(24-27-16)14-7-9-20-10-8-14/h7-10,15H,1-6,11-13H2. The number of aromatic nitrogens is 6. The number of hydrogen-bond acceptors (Lipinski definition) is 8. The number of nitrogens with zero attached hydrogens (tertiary/aromatic N) is 7. The van der Waals surface area contributed by atoms with E-state index in [-0.39, 0.29) is 0 Å². The number of aryl methyl sites for hydroxylation is 1. The van der Waals surface area contributed by atoms with Crippen LogP contribution >= 0.6 is 11.8 Å². The van der Waals surface area contributed by atoms with E-state index in [1.54, 1.807) is 24.2 Å². The first-order valence-electron chi connectivity index (χ1n) is 9.94. The zero-order valence-electron chi connectivity index (χ0n) is 15.7. The summed E-state index contributed by atoms with van der Waals surface area (Å²) in [5.41, 5.74) is 0.923. The van der Waals surface area contributed by atoms with E-state index in [1.165, 1.54) is 25.7 Å². The van der Waals surface area contributed by atoms with Crippen molar-refractivity contribution in [2.45, 2.75) is 49.7 Å². The van der Waals surface area contributed by atoms with Crippen molar-refractivity contribution < 1.29 is 4.52 Å². The van der Waals surface area contributed by atoms with E-state index in [0.29, 0.717) is 17.8 Å². The van der Waals surface area contributed by atoms with Crippen LogP contribution in [0.5, 0.6) is 0 Å². The van der Waals surface area contributed by atoms with Crippen LogP contribution in [-0.4, -0.2) is 48.7 Å². The normalized spacial score (nSPS) is 16.8. The van der Waals surface area contributed by atoms with Crippen LogP contribution in [0, 0.1) is 0 Å². The first kappa shape index (κ1) is 17.7. The van der Waals surface area contributed by atoms with Gasteiger partial charge in [0.15, 0.2) is 5.16 Å². The Morgan fingerprint density at radius 1 is 1.11 bits per heavy atom. The summed E-state index contributed by atoms with van der Waals surface area (Å²) in [5, 5.41) is 14.1. The molecule has 146 valence electrons. The Hall–Kier alpha value is -2.42. The molecule has 1 saturated carbocycles. The lowest BCUT2D eigenvalue weighted by Crippen LogP contribution is -2.22. The van der Waals surface area contributed by atoms with Gasteiger partial charge >= 0.3 is 0 Å². The van der Waals surface area contributed by atoms with E-state index in [9.17, 15) is 0 Å². The van der Waals surface area contributed by atoms with Gasteiger partial charge in [0, 0.05) is 49.3 Å². The van der Waals surface area contributed by atoms with E-state index in [2.05, 4.69) is 34.8 Å². The smallest absolute Gasteiger partial charge is 0.228 e. The quantitative estimate of drug-likeness (QED) is 0.422. The SMILES string of the molecule is c1cc(-c2noc(CCCSc3nnc(N4CCCC4)n3C3CC3)n2)ccn1. The van der Waals surface area contributed by atoms with Gasteiger partial charge in [0.25, 0.3) is 0 Å². The first-order chi connectivity index (χ1) is 13.9. The Bertz CT molecular complexity index is 916. The summed E-state index contributed by atoms with van der Waals surface area (Å²) < 4.78 is 7.75. The second kappa shape index (κ2) is 7.90. The topological polar surface area (TPSA) is 85.8 Å². The molecule has 0 atom stereocenters. The first-order valence-corrected chi connectivity index (χ1v) is 10.9. The molecule has 9 heteroatoms. The molecule has 0 unspecified atom stereocenters. The zero-order chi connectivity index (χ0) is 18.8. The number of hydrogen-bond donors (Lipinski definition) is 0. The van der Waals surface area contributed by atoms with Crippen LogP contribution in [0.3, 0.4) is 0 Å². The van der Waals surface area contributed by atoms with Crippen molar-refractivity contribution in [1.29, 1.82) is 0 Å². The molecule has 0 amide bonds. The summed E-state index contributed by atoms with van der Waals surface area (Å²) in [6.45, 7) is 2.21. The molecule has 5 rings (SSSR count). The van der Waals surface area contributed by atoms with Gasteiger partial charge in [-0.1, -0.05) is 16.9 Å². The molecule has 0 aromatic carbocycles. The minimum absolute atomic E-state index is 0.590. The van der Waals surface area contributed by atoms with Crippen molar-refractivity contribution in [2.75, 3.05) is 23.7 Å². The van der Waals surface area contributed by atoms with Gasteiger partial charge in [0.2, 0.25) is 17.7 Å². The molecule has 8 nitrogen and oxygen atoms in total. The Morgan fingerprint density at radius 3 is 2.71 bits per heavy atom. The molecule has 1 aliphatic heterocycles. The fraction of sp³-hybridized carbons (Fsp3) is 0.526. The molecule has 1 saturated heterocycles. The van der Waals surface area contributed by atoms with Crippen molar-refractivity contribution in [3.05, 3.63) is 30.4 Å². The van der Waals surface area contributed by atoms with Gasteiger partial charge < -0.3 is 9.42 Å². The maximum absolute atomic E-state index is 5.38. The van der Waals surface area contributed by atoms with Gasteiger partial charge in [0.1, 0.15) is 0 Å². The molecule has 28 heavy (non-hydrogen) atoms. The van der Waals surface area contributed by atoms with Crippen LogP contribution < -0.4 is 4.90 Å². The summed E-state index contributed by atoms with van der Waals surface area (Å²) in [6, 6.07) is 4.35. The predicted octanol–water partition coefficient (Wildman–Crippen LogP) is 3.38. The van der Waals surface area contributed by atoms with Crippen molar-refractivity contribution in [1.82, 2.24) is 29.9 Å². The van der Waals surface area contributed by atoms with Crippen molar-refractivity contribution in [2.24, 2.45) is 0 Å². The second-order valence-corrected chi connectivity index (χ2v) is 8.34. The molecule has 4 heterocycles. The molecule has 0 spiro atoms. The van der Waals surface area contributed by atoms with E-state index in [4.69, 9.17) is 4.52 Å². The molecule has 0 bridgehead atoms. The summed E-state index contributed by atoms with van der Waals surface area (Å²) in [5.74, 6) is 3.32. The van der Waals surface area contributed by atoms with Gasteiger partial charge in [0.05, 0.1) is 0 Å². The number of pyridine rings is 1. The lowest BCUT2D eigenvalue weighted by atomic mass is 10.2. The van der Waals surface area contributed by atoms with Crippen LogP contribution in [0.2, 0.25) is 0 Å². The second-order valence-electron chi connectivity index (χ2n) is 7.28.